The van der Waals surface area contributed by atoms with Crippen LogP contribution in [-0.2, 0) is 22.0 Å². The van der Waals surface area contributed by atoms with E-state index >= 15 is 0 Å². The molecule has 0 radical (unpaired) electrons. The zero-order valence-corrected chi connectivity index (χ0v) is 16.6. The lowest BCUT2D eigenvalue weighted by Crippen LogP contribution is -2.30. The third-order valence-electron chi connectivity index (χ3n) is 4.81. The number of carbonyl (C=O) groups is 1. The van der Waals surface area contributed by atoms with Crippen molar-refractivity contribution >= 4 is 16.8 Å². The van der Waals surface area contributed by atoms with Crippen LogP contribution in [0.15, 0.2) is 84.9 Å². The van der Waals surface area contributed by atoms with Crippen LogP contribution in [0.4, 0.5) is 0 Å². The summed E-state index contributed by atoms with van der Waals surface area (Å²) in [5, 5.41) is 8.41. The van der Waals surface area contributed by atoms with Crippen LogP contribution < -0.4 is 0 Å². The summed E-state index contributed by atoms with van der Waals surface area (Å²) < 4.78 is 13.5. The van der Waals surface area contributed by atoms with Crippen molar-refractivity contribution in [2.24, 2.45) is 0 Å². The van der Waals surface area contributed by atoms with Crippen molar-refractivity contribution in [1.82, 2.24) is 0 Å². The Hall–Kier alpha value is -2.72. The SMILES string of the molecule is Cc1ccc(CCC(C(=O)O)S(=O)C(c2ccccc2)c2ccccc2)cc1. The van der Waals surface area contributed by atoms with Gasteiger partial charge in [-0.05, 0) is 36.5 Å². The van der Waals surface area contributed by atoms with Crippen molar-refractivity contribution in [1.29, 1.82) is 0 Å². The van der Waals surface area contributed by atoms with Gasteiger partial charge in [0.25, 0.3) is 0 Å². The van der Waals surface area contributed by atoms with Gasteiger partial charge in [0.05, 0.1) is 5.25 Å². The number of carboxylic acids is 1. The van der Waals surface area contributed by atoms with Gasteiger partial charge in [-0.25, -0.2) is 0 Å². The average molecular weight is 393 g/mol. The summed E-state index contributed by atoms with van der Waals surface area (Å²) in [5.41, 5.74) is 3.96. The van der Waals surface area contributed by atoms with Gasteiger partial charge in [0, 0.05) is 10.8 Å². The maximum absolute atomic E-state index is 13.5. The second-order valence-corrected chi connectivity index (χ2v) is 8.58. The first kappa shape index (κ1) is 20.0. The van der Waals surface area contributed by atoms with Gasteiger partial charge >= 0.3 is 5.97 Å². The van der Waals surface area contributed by atoms with Crippen LogP contribution in [0.3, 0.4) is 0 Å². The molecule has 0 aliphatic heterocycles. The number of aryl methyl sites for hydroxylation is 2. The van der Waals surface area contributed by atoms with Crippen LogP contribution in [0.1, 0.15) is 33.9 Å². The molecular weight excluding hydrogens is 368 g/mol. The number of carboxylic acid groups (broad SMARTS) is 1. The molecule has 2 atom stereocenters. The predicted molar refractivity (Wildman–Crippen MR) is 114 cm³/mol. The van der Waals surface area contributed by atoms with E-state index in [1.165, 1.54) is 0 Å². The van der Waals surface area contributed by atoms with Crippen molar-refractivity contribution in [2.45, 2.75) is 30.3 Å². The fourth-order valence-electron chi connectivity index (χ4n) is 3.27. The first-order chi connectivity index (χ1) is 13.6. The van der Waals surface area contributed by atoms with Crippen molar-refractivity contribution in [2.75, 3.05) is 0 Å². The minimum absolute atomic E-state index is 0.334. The molecule has 3 rings (SSSR count). The zero-order valence-electron chi connectivity index (χ0n) is 15.8. The molecular formula is C24H24O3S. The minimum atomic E-state index is -1.61. The number of aliphatic carboxylic acids is 1. The van der Waals surface area contributed by atoms with Gasteiger partial charge in [0.1, 0.15) is 5.25 Å². The molecule has 3 aromatic carbocycles. The highest BCUT2D eigenvalue weighted by Crippen LogP contribution is 2.31. The molecule has 3 nitrogen and oxygen atoms in total. The third-order valence-corrected chi connectivity index (χ3v) is 6.82. The van der Waals surface area contributed by atoms with Crippen molar-refractivity contribution in [3.8, 4) is 0 Å². The van der Waals surface area contributed by atoms with Gasteiger partial charge < -0.3 is 5.11 Å². The molecule has 4 heteroatoms. The summed E-state index contributed by atoms with van der Waals surface area (Å²) in [6, 6.07) is 27.1. The number of rotatable bonds is 8. The lowest BCUT2D eigenvalue weighted by Gasteiger charge is -2.22. The fourth-order valence-corrected chi connectivity index (χ4v) is 5.00. The van der Waals surface area contributed by atoms with Crippen molar-refractivity contribution < 1.29 is 14.1 Å². The van der Waals surface area contributed by atoms with E-state index in [1.54, 1.807) is 0 Å². The molecule has 2 unspecified atom stereocenters. The number of benzene rings is 3. The maximum Gasteiger partial charge on any atom is 0.319 e. The Kier molecular flexibility index (Phi) is 6.77. The van der Waals surface area contributed by atoms with E-state index in [4.69, 9.17) is 0 Å². The van der Waals surface area contributed by atoms with Crippen LogP contribution in [-0.4, -0.2) is 20.5 Å². The quantitative estimate of drug-likeness (QED) is 0.592. The van der Waals surface area contributed by atoms with Gasteiger partial charge in [-0.2, -0.15) is 0 Å². The minimum Gasteiger partial charge on any atom is -0.480 e. The Morgan fingerprint density at radius 3 is 1.82 bits per heavy atom. The highest BCUT2D eigenvalue weighted by molar-refractivity contribution is 7.86. The van der Waals surface area contributed by atoms with Crippen LogP contribution in [0, 0.1) is 6.92 Å². The van der Waals surface area contributed by atoms with E-state index in [0.717, 1.165) is 22.3 Å². The summed E-state index contributed by atoms with van der Waals surface area (Å²) in [6.45, 7) is 2.02. The van der Waals surface area contributed by atoms with Crippen LogP contribution >= 0.6 is 0 Å². The lowest BCUT2D eigenvalue weighted by atomic mass is 10.0. The topological polar surface area (TPSA) is 54.4 Å². The summed E-state index contributed by atoms with van der Waals surface area (Å²) in [5.74, 6) is -1.01. The van der Waals surface area contributed by atoms with Crippen LogP contribution in [0.5, 0.6) is 0 Å². The zero-order chi connectivity index (χ0) is 19.9. The summed E-state index contributed by atoms with van der Waals surface area (Å²) >= 11 is 0. The Morgan fingerprint density at radius 1 is 0.857 bits per heavy atom. The van der Waals surface area contributed by atoms with E-state index in [2.05, 4.69) is 0 Å². The smallest absolute Gasteiger partial charge is 0.319 e. The molecule has 0 heterocycles. The summed E-state index contributed by atoms with van der Waals surface area (Å²) in [4.78, 5) is 12.0. The van der Waals surface area contributed by atoms with E-state index in [0.29, 0.717) is 12.8 Å². The van der Waals surface area contributed by atoms with Gasteiger partial charge in [-0.15, -0.1) is 0 Å². The second-order valence-electron chi connectivity index (χ2n) is 6.88. The Morgan fingerprint density at radius 2 is 1.36 bits per heavy atom. The maximum atomic E-state index is 13.5. The van der Waals surface area contributed by atoms with Gasteiger partial charge in [-0.1, -0.05) is 90.5 Å². The molecule has 28 heavy (non-hydrogen) atoms. The first-order valence-electron chi connectivity index (χ1n) is 9.34. The molecule has 0 saturated carbocycles. The second kappa shape index (κ2) is 9.47. The molecule has 3 aromatic rings. The Labute approximate surface area is 168 Å². The summed E-state index contributed by atoms with van der Waals surface area (Å²) in [6.07, 6.45) is 0.917. The highest BCUT2D eigenvalue weighted by atomic mass is 32.2. The standard InChI is InChI=1S/C24H24O3S/c1-18-12-14-19(15-13-18)16-17-22(24(25)26)28(27)23(20-8-4-2-5-9-20)21-10-6-3-7-11-21/h2-15,22-23H,16-17H2,1H3,(H,25,26). The van der Waals surface area contributed by atoms with Gasteiger partial charge in [0.2, 0.25) is 0 Å². The first-order valence-corrected chi connectivity index (χ1v) is 10.6. The molecule has 0 saturated heterocycles. The van der Waals surface area contributed by atoms with Crippen molar-refractivity contribution in [3.05, 3.63) is 107 Å². The number of hydrogen-bond acceptors (Lipinski definition) is 2. The Balaban J connectivity index is 1.88. The van der Waals surface area contributed by atoms with Crippen LogP contribution in [0.25, 0.3) is 0 Å². The van der Waals surface area contributed by atoms with E-state index in [1.807, 2.05) is 91.9 Å². The molecule has 1 N–H and O–H groups in total. The summed E-state index contributed by atoms with van der Waals surface area (Å²) in [7, 11) is -1.61. The van der Waals surface area contributed by atoms with Crippen LogP contribution in [0.2, 0.25) is 0 Å². The lowest BCUT2D eigenvalue weighted by molar-refractivity contribution is -0.136. The van der Waals surface area contributed by atoms with Gasteiger partial charge in [0.15, 0.2) is 0 Å². The van der Waals surface area contributed by atoms with E-state index in [-0.39, 0.29) is 0 Å². The molecule has 144 valence electrons. The molecule has 0 aliphatic carbocycles. The predicted octanol–water partition coefficient (Wildman–Crippen LogP) is 4.92. The molecule has 0 aromatic heterocycles. The average Bonchev–Trinajstić information content (AvgIpc) is 2.71. The molecule has 0 amide bonds. The Bertz CT molecular complexity index is 882. The third kappa shape index (κ3) is 4.96. The van der Waals surface area contributed by atoms with Crippen molar-refractivity contribution in [3.63, 3.8) is 0 Å². The molecule has 0 fully saturated rings. The molecule has 0 bridgehead atoms. The normalized spacial score (nSPS) is 13.2. The van der Waals surface area contributed by atoms with E-state index in [9.17, 15) is 14.1 Å². The fraction of sp³-hybridized carbons (Fsp3) is 0.208. The number of hydrogen-bond donors (Lipinski definition) is 1. The molecule has 0 aliphatic rings. The highest BCUT2D eigenvalue weighted by Gasteiger charge is 2.32. The largest absolute Gasteiger partial charge is 0.480 e. The monoisotopic (exact) mass is 392 g/mol. The van der Waals surface area contributed by atoms with Gasteiger partial charge in [-0.3, -0.25) is 9.00 Å². The molecule has 0 spiro atoms. The van der Waals surface area contributed by atoms with E-state index < -0.39 is 27.3 Å².